The van der Waals surface area contributed by atoms with Gasteiger partial charge in [0, 0.05) is 19.3 Å². The Morgan fingerprint density at radius 3 is 3.13 bits per heavy atom. The number of aromatic nitrogens is 1. The molecular weight excluding hydrogens is 196 g/mol. The highest BCUT2D eigenvalue weighted by Gasteiger charge is 2.19. The fraction of sp³-hybridized carbons (Fsp3) is 0.333. The predicted octanol–water partition coefficient (Wildman–Crippen LogP) is 0.416. The Morgan fingerprint density at radius 2 is 2.40 bits per heavy atom. The molecule has 0 bridgehead atoms. The van der Waals surface area contributed by atoms with Gasteiger partial charge in [0.05, 0.1) is 6.54 Å². The normalized spacial score (nSPS) is 16.0. The van der Waals surface area contributed by atoms with Gasteiger partial charge >= 0.3 is 0 Å². The minimum absolute atomic E-state index is 0.0660. The first kappa shape index (κ1) is 9.57. The fourth-order valence-corrected chi connectivity index (χ4v) is 1.52. The van der Waals surface area contributed by atoms with Gasteiger partial charge in [0.15, 0.2) is 5.82 Å². The van der Waals surface area contributed by atoms with Crippen LogP contribution in [-0.4, -0.2) is 30.5 Å². The van der Waals surface area contributed by atoms with Gasteiger partial charge in [-0.3, -0.25) is 4.79 Å². The van der Waals surface area contributed by atoms with Gasteiger partial charge in [-0.1, -0.05) is 0 Å². The zero-order valence-corrected chi connectivity index (χ0v) is 8.01. The van der Waals surface area contributed by atoms with Gasteiger partial charge in [0.25, 0.3) is 0 Å². The van der Waals surface area contributed by atoms with Crippen molar-refractivity contribution in [2.45, 2.75) is 0 Å². The first-order valence-corrected chi connectivity index (χ1v) is 4.61. The molecule has 78 valence electrons. The summed E-state index contributed by atoms with van der Waals surface area (Å²) in [4.78, 5) is 27.5. The zero-order valence-electron chi connectivity index (χ0n) is 8.01. The highest BCUT2D eigenvalue weighted by Crippen LogP contribution is 2.25. The lowest BCUT2D eigenvalue weighted by atomic mass is 10.3. The molecule has 1 aliphatic heterocycles. The number of piperazine rings is 1. The second kappa shape index (κ2) is 4.04. The lowest BCUT2D eigenvalue weighted by Gasteiger charge is -2.27. The molecule has 0 radical (unpaired) electrons. The molecule has 1 saturated heterocycles. The molecule has 1 aromatic heterocycles. The van der Waals surface area contributed by atoms with Gasteiger partial charge in [0.2, 0.25) is 5.91 Å². The topological polar surface area (TPSA) is 74.7 Å². The highest BCUT2D eigenvalue weighted by atomic mass is 16.3. The third-order valence-electron chi connectivity index (χ3n) is 2.20. The number of nitroso groups, excluding NO2 is 1. The van der Waals surface area contributed by atoms with Crippen LogP contribution in [0.5, 0.6) is 0 Å². The van der Waals surface area contributed by atoms with Crippen LogP contribution in [0, 0.1) is 4.91 Å². The number of carbonyl (C=O) groups excluding carboxylic acids is 1. The summed E-state index contributed by atoms with van der Waals surface area (Å²) in [7, 11) is 0. The van der Waals surface area contributed by atoms with Crippen molar-refractivity contribution in [3.63, 3.8) is 0 Å². The Balaban J connectivity index is 2.27. The summed E-state index contributed by atoms with van der Waals surface area (Å²) in [6.07, 6.45) is 1.58. The maximum atomic E-state index is 11.2. The van der Waals surface area contributed by atoms with E-state index in [0.717, 1.165) is 0 Å². The van der Waals surface area contributed by atoms with Crippen LogP contribution >= 0.6 is 0 Å². The van der Waals surface area contributed by atoms with Crippen molar-refractivity contribution in [3.8, 4) is 0 Å². The zero-order chi connectivity index (χ0) is 10.7. The predicted molar refractivity (Wildman–Crippen MR) is 54.9 cm³/mol. The average Bonchev–Trinajstić information content (AvgIpc) is 2.29. The van der Waals surface area contributed by atoms with Crippen LogP contribution in [-0.2, 0) is 4.79 Å². The summed E-state index contributed by atoms with van der Waals surface area (Å²) < 4.78 is 0. The molecule has 0 spiro atoms. The molecule has 6 nitrogen and oxygen atoms in total. The first-order chi connectivity index (χ1) is 7.31. The highest BCUT2D eigenvalue weighted by molar-refractivity contribution is 5.83. The first-order valence-electron chi connectivity index (χ1n) is 4.61. The molecule has 6 heteroatoms. The Labute approximate surface area is 86.3 Å². The summed E-state index contributed by atoms with van der Waals surface area (Å²) in [5, 5.41) is 5.59. The molecule has 1 aliphatic rings. The quantitative estimate of drug-likeness (QED) is 0.711. The Kier molecular flexibility index (Phi) is 2.57. The van der Waals surface area contributed by atoms with E-state index in [4.69, 9.17) is 0 Å². The van der Waals surface area contributed by atoms with E-state index in [2.05, 4.69) is 15.5 Å². The maximum Gasteiger partial charge on any atom is 0.239 e. The lowest BCUT2D eigenvalue weighted by molar-refractivity contribution is -0.120. The number of carbonyl (C=O) groups is 1. The second-order valence-electron chi connectivity index (χ2n) is 3.21. The van der Waals surface area contributed by atoms with Gasteiger partial charge in [-0.2, -0.15) is 0 Å². The minimum Gasteiger partial charge on any atom is -0.353 e. The summed E-state index contributed by atoms with van der Waals surface area (Å²) >= 11 is 0. The van der Waals surface area contributed by atoms with E-state index in [0.29, 0.717) is 18.9 Å². The van der Waals surface area contributed by atoms with Crippen LogP contribution in [0.25, 0.3) is 0 Å². The number of amides is 1. The van der Waals surface area contributed by atoms with Gasteiger partial charge in [-0.05, 0) is 17.3 Å². The van der Waals surface area contributed by atoms with Gasteiger partial charge < -0.3 is 10.2 Å². The minimum atomic E-state index is -0.0660. The van der Waals surface area contributed by atoms with Crippen LogP contribution in [0.1, 0.15) is 0 Å². The number of hydrogen-bond donors (Lipinski definition) is 1. The molecule has 2 heterocycles. The average molecular weight is 206 g/mol. The number of hydrogen-bond acceptors (Lipinski definition) is 5. The van der Waals surface area contributed by atoms with Crippen LogP contribution in [0.2, 0.25) is 0 Å². The van der Waals surface area contributed by atoms with Crippen molar-refractivity contribution in [1.82, 2.24) is 10.3 Å². The van der Waals surface area contributed by atoms with Gasteiger partial charge in [-0.15, -0.1) is 4.91 Å². The summed E-state index contributed by atoms with van der Waals surface area (Å²) in [5.41, 5.74) is 0.271. The molecule has 2 rings (SSSR count). The van der Waals surface area contributed by atoms with E-state index in [1.807, 2.05) is 0 Å². The summed E-state index contributed by atoms with van der Waals surface area (Å²) in [5.74, 6) is 0.408. The number of nitrogens with zero attached hydrogens (tertiary/aromatic N) is 3. The summed E-state index contributed by atoms with van der Waals surface area (Å²) in [6, 6.07) is 3.23. The van der Waals surface area contributed by atoms with E-state index in [9.17, 15) is 9.70 Å². The van der Waals surface area contributed by atoms with Crippen molar-refractivity contribution >= 4 is 17.4 Å². The van der Waals surface area contributed by atoms with Crippen molar-refractivity contribution in [1.29, 1.82) is 0 Å². The smallest absolute Gasteiger partial charge is 0.239 e. The molecule has 0 atom stereocenters. The monoisotopic (exact) mass is 206 g/mol. The SMILES string of the molecule is O=Nc1cccnc1N1CCNC(=O)C1. The van der Waals surface area contributed by atoms with Crippen LogP contribution in [0.15, 0.2) is 23.5 Å². The van der Waals surface area contributed by atoms with Crippen molar-refractivity contribution in [2.24, 2.45) is 5.18 Å². The molecule has 0 unspecified atom stereocenters. The molecule has 0 aliphatic carbocycles. The molecule has 0 aromatic carbocycles. The van der Waals surface area contributed by atoms with Gasteiger partial charge in [-0.25, -0.2) is 4.98 Å². The third kappa shape index (κ3) is 1.93. The second-order valence-corrected chi connectivity index (χ2v) is 3.21. The van der Waals surface area contributed by atoms with Crippen LogP contribution < -0.4 is 10.2 Å². The largest absolute Gasteiger partial charge is 0.353 e. The van der Waals surface area contributed by atoms with E-state index >= 15 is 0 Å². The third-order valence-corrected chi connectivity index (χ3v) is 2.20. The summed E-state index contributed by atoms with van der Waals surface area (Å²) in [6.45, 7) is 1.43. The number of pyridine rings is 1. The van der Waals surface area contributed by atoms with Crippen molar-refractivity contribution < 1.29 is 4.79 Å². The Hall–Kier alpha value is -1.98. The number of rotatable bonds is 2. The maximum absolute atomic E-state index is 11.2. The molecular formula is C9H10N4O2. The van der Waals surface area contributed by atoms with E-state index < -0.39 is 0 Å². The standard InChI is InChI=1S/C9H10N4O2/c14-8-6-13(5-4-10-8)9-7(12-15)2-1-3-11-9/h1-3H,4-6H2,(H,10,14). The van der Waals surface area contributed by atoms with Crippen LogP contribution in [0.4, 0.5) is 11.5 Å². The number of nitrogens with one attached hydrogen (secondary N) is 1. The van der Waals surface area contributed by atoms with E-state index in [1.54, 1.807) is 23.2 Å². The Bertz CT molecular complexity index is 393. The molecule has 1 N–H and O–H groups in total. The van der Waals surface area contributed by atoms with Crippen molar-refractivity contribution in [2.75, 3.05) is 24.5 Å². The van der Waals surface area contributed by atoms with E-state index in [-0.39, 0.29) is 18.1 Å². The molecule has 1 aromatic rings. The van der Waals surface area contributed by atoms with Crippen LogP contribution in [0.3, 0.4) is 0 Å². The lowest BCUT2D eigenvalue weighted by Crippen LogP contribution is -2.48. The molecule has 0 saturated carbocycles. The van der Waals surface area contributed by atoms with Crippen molar-refractivity contribution in [3.05, 3.63) is 23.2 Å². The molecule has 1 fully saturated rings. The van der Waals surface area contributed by atoms with E-state index in [1.165, 1.54) is 0 Å². The molecule has 1 amide bonds. The molecule has 15 heavy (non-hydrogen) atoms. The fourth-order valence-electron chi connectivity index (χ4n) is 1.52. The Morgan fingerprint density at radius 1 is 1.53 bits per heavy atom. The van der Waals surface area contributed by atoms with Gasteiger partial charge in [0.1, 0.15) is 5.69 Å². The number of anilines is 1.